The molecule has 1 rings (SSSR count). The molecule has 1 atom stereocenters. The molecule has 0 spiro atoms. The van der Waals surface area contributed by atoms with Crippen molar-refractivity contribution in [1.82, 2.24) is 0 Å². The van der Waals surface area contributed by atoms with Crippen LogP contribution in [0.15, 0.2) is 21.5 Å². The molecular weight excluding hydrogens is 440 g/mol. The number of aromatic hydroxyl groups is 1. The van der Waals surface area contributed by atoms with Crippen molar-refractivity contribution >= 4 is 94.7 Å². The Morgan fingerprint density at radius 2 is 1.44 bits per heavy atom. The number of hydrogen-bond acceptors (Lipinski definition) is 3. The summed E-state index contributed by atoms with van der Waals surface area (Å²) in [6.45, 7) is 2.28. The van der Waals surface area contributed by atoms with Crippen molar-refractivity contribution < 1.29 is 9.52 Å². The predicted octanol–water partition coefficient (Wildman–Crippen LogP) is -1.23. The van der Waals surface area contributed by atoms with Gasteiger partial charge >= 0.3 is 214 Å². The van der Waals surface area contributed by atoms with E-state index in [2.05, 4.69) is 59.4 Å². The van der Waals surface area contributed by atoms with Crippen LogP contribution < -0.4 is 5.43 Å². The summed E-state index contributed by atoms with van der Waals surface area (Å²) < 4.78 is 5.60. The molecule has 0 fully saturated rings. The average molecular weight is 486 g/mol. The Morgan fingerprint density at radius 3 is 1.89 bits per heavy atom. The molecule has 0 saturated carbocycles. The summed E-state index contributed by atoms with van der Waals surface area (Å²) in [5, 5.41) is 9.60. The second-order valence-corrected chi connectivity index (χ2v) is 13.7. The molecule has 186 valence electrons. The van der Waals surface area contributed by atoms with Crippen LogP contribution in [-0.2, 0) is 5.75 Å². The van der Waals surface area contributed by atoms with Gasteiger partial charge in [0, 0.05) is 0 Å². The van der Waals surface area contributed by atoms with Gasteiger partial charge in [0.1, 0.15) is 0 Å². The minimum atomic E-state index is -0.350. The molecule has 2 radical (unpaired) electrons. The van der Waals surface area contributed by atoms with E-state index in [1.807, 2.05) is 0 Å². The van der Waals surface area contributed by atoms with Crippen molar-refractivity contribution in [3.05, 3.63) is 28.3 Å². The number of rotatable bonds is 20. The van der Waals surface area contributed by atoms with Crippen LogP contribution in [0.5, 0.6) is 5.75 Å². The fourth-order valence-corrected chi connectivity index (χ4v) is 7.82. The first-order valence-electron chi connectivity index (χ1n) is 14.8. The second-order valence-electron chi connectivity index (χ2n) is 11.6. The SMILES string of the molecule is [10BH-][10B]([10BH2])[10B]([10B]([10BH2])[10BH2])[10B]([10B]=S(CCCCCCCCCCCCCC)Cc1cc(=O)c(O)co1)[10B]([10BH2])[10BH2]. The number of unbranched alkanes of at least 4 members (excludes halogenated alkanes) is 11. The van der Waals surface area contributed by atoms with Crippen LogP contribution in [0.2, 0.25) is 0 Å². The van der Waals surface area contributed by atoms with Crippen molar-refractivity contribution in [3.8, 4) is 5.75 Å². The Kier molecular flexibility index (Phi) is 18.7. The van der Waals surface area contributed by atoms with Crippen LogP contribution >= 0.6 is 10.3 Å². The molecule has 0 aliphatic rings. The van der Waals surface area contributed by atoms with E-state index in [0.29, 0.717) is 37.7 Å². The fraction of sp³-hybridized carbons (Fsp3) is 0.750. The molecule has 0 bridgehead atoms. The van der Waals surface area contributed by atoms with Crippen LogP contribution in [0.4, 0.5) is 0 Å². The fourth-order valence-electron chi connectivity index (χ4n) is 5.41. The maximum absolute atomic E-state index is 12.0. The van der Waals surface area contributed by atoms with E-state index in [-0.39, 0.29) is 21.5 Å². The summed E-state index contributed by atoms with van der Waals surface area (Å²) in [6.07, 6.45) is 20.0. The summed E-state index contributed by atoms with van der Waals surface area (Å²) in [7, 11) is 16.0. The Morgan fingerprint density at radius 1 is 0.917 bits per heavy atom. The van der Waals surface area contributed by atoms with E-state index in [9.17, 15) is 9.90 Å². The van der Waals surface area contributed by atoms with Gasteiger partial charge in [0.15, 0.2) is 0 Å². The Labute approximate surface area is 233 Å². The zero-order valence-corrected chi connectivity index (χ0v) is 25.2. The third kappa shape index (κ3) is 14.1. The van der Waals surface area contributed by atoms with Crippen molar-refractivity contribution in [3.63, 3.8) is 0 Å². The third-order valence-corrected chi connectivity index (χ3v) is 9.61. The quantitative estimate of drug-likeness (QED) is 0.186. The van der Waals surface area contributed by atoms with Gasteiger partial charge < -0.3 is 0 Å². The van der Waals surface area contributed by atoms with Crippen molar-refractivity contribution in [2.75, 3.05) is 5.75 Å². The van der Waals surface area contributed by atoms with Crippen molar-refractivity contribution in [2.24, 2.45) is 0 Å². The van der Waals surface area contributed by atoms with Gasteiger partial charge in [-0.1, -0.05) is 19.8 Å². The Balaban J connectivity index is 2.71. The van der Waals surface area contributed by atoms with Gasteiger partial charge in [-0.3, -0.25) is 0 Å². The molecule has 36 heavy (non-hydrogen) atoms. The first-order chi connectivity index (χ1) is 17.2. The molecule has 16 heteroatoms. The molecule has 0 aliphatic carbocycles. The van der Waals surface area contributed by atoms with Crippen LogP contribution in [0.25, 0.3) is 0 Å². The van der Waals surface area contributed by atoms with Gasteiger partial charge in [0.2, 0.25) is 0 Å². The van der Waals surface area contributed by atoms with E-state index in [1.165, 1.54) is 89.4 Å². The van der Waals surface area contributed by atoms with E-state index in [0.717, 1.165) is 11.5 Å². The summed E-state index contributed by atoms with van der Waals surface area (Å²) in [5.74, 6) is 2.26. The van der Waals surface area contributed by atoms with Crippen LogP contribution in [-0.4, -0.2) is 95.3 Å². The first kappa shape index (κ1) is 33.9. The van der Waals surface area contributed by atoms with Crippen molar-refractivity contribution in [2.45, 2.75) is 89.7 Å². The van der Waals surface area contributed by atoms with Gasteiger partial charge in [-0.15, -0.1) is 0 Å². The molecule has 1 unspecified atom stereocenters. The molecule has 1 N–H and O–H groups in total. The van der Waals surface area contributed by atoms with Crippen LogP contribution in [0.1, 0.15) is 89.7 Å². The third-order valence-electron chi connectivity index (χ3n) is 7.44. The van der Waals surface area contributed by atoms with Crippen LogP contribution in [0, 0.1) is 0 Å². The van der Waals surface area contributed by atoms with Gasteiger partial charge in [-0.05, 0) is 0 Å². The Bertz CT molecular complexity index is 800. The summed E-state index contributed by atoms with van der Waals surface area (Å²) in [6, 6.07) is 4.06. The molecule has 1 heterocycles. The zero-order chi connectivity index (χ0) is 26.9. The van der Waals surface area contributed by atoms with Gasteiger partial charge in [-0.25, -0.2) is 0 Å². The molecule has 0 aliphatic heterocycles. The summed E-state index contributed by atoms with van der Waals surface area (Å²) in [5.41, 5.74) is -0.350. The monoisotopic (exact) mass is 485 g/mol. The van der Waals surface area contributed by atoms with Gasteiger partial charge in [-0.2, -0.15) is 0 Å². The normalized spacial score (nSPS) is 11.6. The van der Waals surface area contributed by atoms with Gasteiger partial charge in [0.05, 0.1) is 0 Å². The molecule has 0 amide bonds. The van der Waals surface area contributed by atoms with E-state index < -0.39 is 0 Å². The van der Waals surface area contributed by atoms with E-state index in [4.69, 9.17) is 4.42 Å². The predicted molar refractivity (Wildman–Crippen MR) is 188 cm³/mol. The first-order valence-corrected chi connectivity index (χ1v) is 16.4. The summed E-state index contributed by atoms with van der Waals surface area (Å²) >= 11 is 0. The summed E-state index contributed by atoms with van der Waals surface area (Å²) in [4.78, 5) is 12.0. The minimum absolute atomic E-state index is 0.0237. The average Bonchev–Trinajstić information content (AvgIpc) is 2.81. The zero-order valence-electron chi connectivity index (χ0n) is 24.4. The molecule has 1 aromatic heterocycles. The molecule has 3 nitrogen and oxygen atoms in total. The van der Waals surface area contributed by atoms with E-state index >= 15 is 0 Å². The van der Waals surface area contributed by atoms with Gasteiger partial charge in [0.25, 0.3) is 0 Å². The second kappa shape index (κ2) is 19.9. The topological polar surface area (TPSA) is 50.4 Å². The molecule has 0 saturated heterocycles. The molecular formula is C20H45B12O3S-. The standard InChI is InChI=1S/C20H45B12O3S/c1-2-3-4-5-6-7-8-9-10-11-12-13-14-36(17-18-15-19(33)20(34)16-35-18)27-31(28(21)22)32(29(23)24)30(25)26/h15-16,23,34H,2-14,17,21-22,24-26H2,1H3/q-1/i21-1,22-1,23-1,24-1,25-1,26-1,27-1,28-1,29-1,30-1,31-1,32-1. The Hall–Kier alpha value is -0.121. The maximum atomic E-state index is 12.0. The van der Waals surface area contributed by atoms with E-state index in [1.54, 1.807) is 0 Å². The van der Waals surface area contributed by atoms with Crippen molar-refractivity contribution in [1.29, 1.82) is 0 Å². The molecule has 0 aromatic carbocycles. The number of hydrogen-bond donors (Lipinski definition) is 1. The van der Waals surface area contributed by atoms with Crippen LogP contribution in [0.3, 0.4) is 0 Å². The molecule has 1 aromatic rings.